The van der Waals surface area contributed by atoms with E-state index in [1.54, 1.807) is 0 Å². The van der Waals surface area contributed by atoms with Crippen molar-refractivity contribution in [3.05, 3.63) is 33.7 Å². The number of carbonyl (C=O) groups is 2. The Morgan fingerprint density at radius 3 is 2.83 bits per heavy atom. The largest absolute Gasteiger partial charge is 0.349 e. The molecule has 1 saturated carbocycles. The number of aromatic nitrogens is 1. The summed E-state index contributed by atoms with van der Waals surface area (Å²) in [7, 11) is 0. The number of amides is 2. The molecule has 0 aromatic carbocycles. The zero-order valence-electron chi connectivity index (χ0n) is 13.0. The van der Waals surface area contributed by atoms with E-state index in [4.69, 9.17) is 0 Å². The van der Waals surface area contributed by atoms with Crippen LogP contribution >= 0.6 is 0 Å². The van der Waals surface area contributed by atoms with E-state index in [0.717, 1.165) is 43.4 Å². The Labute approximate surface area is 134 Å². The van der Waals surface area contributed by atoms with E-state index in [0.29, 0.717) is 19.0 Å². The topological polar surface area (TPSA) is 82.3 Å². The number of carbonyl (C=O) groups excluding carboxylic acids is 2. The van der Waals surface area contributed by atoms with Crippen LogP contribution < -0.4 is 10.9 Å². The second-order valence-electron chi connectivity index (χ2n) is 6.89. The van der Waals surface area contributed by atoms with Crippen LogP contribution in [0.5, 0.6) is 0 Å². The van der Waals surface area contributed by atoms with Crippen molar-refractivity contribution in [3.63, 3.8) is 0 Å². The highest BCUT2D eigenvalue weighted by Crippen LogP contribution is 2.33. The van der Waals surface area contributed by atoms with Crippen molar-refractivity contribution in [3.8, 4) is 0 Å². The molecule has 4 rings (SSSR count). The molecular formula is C17H21N3O3. The Morgan fingerprint density at radius 2 is 2.04 bits per heavy atom. The van der Waals surface area contributed by atoms with Gasteiger partial charge in [0.05, 0.1) is 12.0 Å². The second-order valence-corrected chi connectivity index (χ2v) is 6.89. The zero-order chi connectivity index (χ0) is 16.0. The van der Waals surface area contributed by atoms with Gasteiger partial charge < -0.3 is 15.2 Å². The number of H-pyrrole nitrogens is 1. The van der Waals surface area contributed by atoms with Crippen LogP contribution in [0.3, 0.4) is 0 Å². The Balaban J connectivity index is 1.46. The van der Waals surface area contributed by atoms with Gasteiger partial charge >= 0.3 is 0 Å². The number of nitrogens with zero attached hydrogens (tertiary/aromatic N) is 1. The molecule has 2 unspecified atom stereocenters. The number of pyridine rings is 1. The van der Waals surface area contributed by atoms with Crippen LogP contribution in [0.1, 0.15) is 49.4 Å². The summed E-state index contributed by atoms with van der Waals surface area (Å²) in [6, 6.07) is 3.64. The van der Waals surface area contributed by atoms with Crippen molar-refractivity contribution < 1.29 is 9.59 Å². The maximum atomic E-state index is 12.6. The lowest BCUT2D eigenvalue weighted by molar-refractivity contribution is -0.129. The van der Waals surface area contributed by atoms with Crippen molar-refractivity contribution in [2.75, 3.05) is 6.54 Å². The summed E-state index contributed by atoms with van der Waals surface area (Å²) >= 11 is 0. The molecule has 1 aromatic heterocycles. The highest BCUT2D eigenvalue weighted by atomic mass is 16.2. The second kappa shape index (κ2) is 5.51. The first-order chi connectivity index (χ1) is 11.1. The molecular weight excluding hydrogens is 294 g/mol. The Kier molecular flexibility index (Phi) is 3.47. The van der Waals surface area contributed by atoms with E-state index in [1.165, 1.54) is 6.07 Å². The number of likely N-dealkylation sites (tertiary alicyclic amines) is 1. The van der Waals surface area contributed by atoms with E-state index >= 15 is 0 Å². The minimum atomic E-state index is -0.240. The summed E-state index contributed by atoms with van der Waals surface area (Å²) in [6.07, 6.45) is 5.13. The Morgan fingerprint density at radius 1 is 1.22 bits per heavy atom. The molecule has 0 spiro atoms. The van der Waals surface area contributed by atoms with Crippen LogP contribution in [0.25, 0.3) is 0 Å². The predicted octanol–water partition coefficient (Wildman–Crippen LogP) is 0.879. The lowest BCUT2D eigenvalue weighted by atomic mass is 9.91. The summed E-state index contributed by atoms with van der Waals surface area (Å²) in [6.45, 7) is 0.556. The molecule has 2 heterocycles. The van der Waals surface area contributed by atoms with Gasteiger partial charge in [0.15, 0.2) is 0 Å². The number of aryl methyl sites for hydroxylation is 1. The van der Waals surface area contributed by atoms with Crippen LogP contribution in [-0.4, -0.2) is 34.3 Å². The third kappa shape index (κ3) is 2.78. The maximum absolute atomic E-state index is 12.6. The lowest BCUT2D eigenvalue weighted by Gasteiger charge is -2.27. The molecule has 122 valence electrons. The maximum Gasteiger partial charge on any atom is 0.248 e. The van der Waals surface area contributed by atoms with Crippen molar-refractivity contribution in [1.82, 2.24) is 15.2 Å². The molecule has 2 N–H and O–H groups in total. The molecule has 2 aliphatic carbocycles. The minimum Gasteiger partial charge on any atom is -0.349 e. The third-order valence-electron chi connectivity index (χ3n) is 5.17. The van der Waals surface area contributed by atoms with Gasteiger partial charge in [0.2, 0.25) is 17.4 Å². The van der Waals surface area contributed by atoms with Crippen molar-refractivity contribution in [2.45, 2.75) is 50.6 Å². The molecule has 2 fully saturated rings. The van der Waals surface area contributed by atoms with E-state index in [2.05, 4.69) is 10.3 Å². The first kappa shape index (κ1) is 14.5. The smallest absolute Gasteiger partial charge is 0.248 e. The van der Waals surface area contributed by atoms with E-state index < -0.39 is 0 Å². The van der Waals surface area contributed by atoms with Gasteiger partial charge in [-0.3, -0.25) is 14.4 Å². The summed E-state index contributed by atoms with van der Waals surface area (Å²) in [5.74, 6) is -0.164. The predicted molar refractivity (Wildman–Crippen MR) is 83.7 cm³/mol. The average Bonchev–Trinajstić information content (AvgIpc) is 3.29. The highest BCUT2D eigenvalue weighted by molar-refractivity contribution is 5.89. The average molecular weight is 315 g/mol. The summed E-state index contributed by atoms with van der Waals surface area (Å²) in [5, 5.41) is 3.10. The van der Waals surface area contributed by atoms with Gasteiger partial charge in [-0.15, -0.1) is 0 Å². The summed E-state index contributed by atoms with van der Waals surface area (Å²) in [5.41, 5.74) is 1.83. The first-order valence-electron chi connectivity index (χ1n) is 8.44. The minimum absolute atomic E-state index is 0.0365. The van der Waals surface area contributed by atoms with Gasteiger partial charge in [0.25, 0.3) is 0 Å². The number of fused-ring (bicyclic) bond motifs is 1. The molecule has 1 aromatic rings. The van der Waals surface area contributed by atoms with E-state index in [9.17, 15) is 14.4 Å². The molecule has 23 heavy (non-hydrogen) atoms. The fraction of sp³-hybridized carbons (Fsp3) is 0.588. The van der Waals surface area contributed by atoms with Gasteiger partial charge in [-0.2, -0.15) is 0 Å². The number of hydrogen-bond donors (Lipinski definition) is 2. The SMILES string of the molecule is O=C(NC1CCCc2[nH]c(=O)ccc21)C1CC(=O)N(C2CC2)C1. The molecule has 1 aliphatic heterocycles. The third-order valence-corrected chi connectivity index (χ3v) is 5.17. The standard InChI is InChI=1S/C17H21N3O3/c21-15-7-6-12-13(18-15)2-1-3-14(12)19-17(23)10-8-16(22)20(9-10)11-4-5-11/h6-7,10-11,14H,1-5,8-9H2,(H,18,21)(H,19,23). The molecule has 2 atom stereocenters. The molecule has 2 amide bonds. The number of rotatable bonds is 3. The van der Waals surface area contributed by atoms with Crippen LogP contribution in [-0.2, 0) is 16.0 Å². The number of aromatic amines is 1. The van der Waals surface area contributed by atoms with Crippen molar-refractivity contribution in [1.29, 1.82) is 0 Å². The van der Waals surface area contributed by atoms with Gasteiger partial charge in [-0.05, 0) is 43.7 Å². The highest BCUT2D eigenvalue weighted by Gasteiger charge is 2.42. The fourth-order valence-electron chi connectivity index (χ4n) is 3.79. The van der Waals surface area contributed by atoms with E-state index in [1.807, 2.05) is 11.0 Å². The summed E-state index contributed by atoms with van der Waals surface area (Å²) in [4.78, 5) is 40.7. The quantitative estimate of drug-likeness (QED) is 0.868. The normalized spacial score (nSPS) is 27.0. The molecule has 3 aliphatic rings. The van der Waals surface area contributed by atoms with Crippen LogP contribution in [0.2, 0.25) is 0 Å². The van der Waals surface area contributed by atoms with Gasteiger partial charge in [-0.25, -0.2) is 0 Å². The lowest BCUT2D eigenvalue weighted by Crippen LogP contribution is -2.37. The first-order valence-corrected chi connectivity index (χ1v) is 8.44. The molecule has 0 bridgehead atoms. The Bertz CT molecular complexity index is 707. The van der Waals surface area contributed by atoms with E-state index in [-0.39, 0.29) is 29.3 Å². The van der Waals surface area contributed by atoms with Crippen molar-refractivity contribution >= 4 is 11.8 Å². The number of nitrogens with one attached hydrogen (secondary N) is 2. The molecule has 1 saturated heterocycles. The summed E-state index contributed by atoms with van der Waals surface area (Å²) < 4.78 is 0. The zero-order valence-corrected chi connectivity index (χ0v) is 13.0. The van der Waals surface area contributed by atoms with Crippen molar-refractivity contribution in [2.24, 2.45) is 5.92 Å². The van der Waals surface area contributed by atoms with Gasteiger partial charge in [0.1, 0.15) is 0 Å². The Hall–Kier alpha value is -2.11. The molecule has 0 radical (unpaired) electrons. The van der Waals surface area contributed by atoms with Crippen LogP contribution in [0.4, 0.5) is 0 Å². The monoisotopic (exact) mass is 315 g/mol. The molecule has 6 heteroatoms. The van der Waals surface area contributed by atoms with Gasteiger partial charge in [-0.1, -0.05) is 0 Å². The van der Waals surface area contributed by atoms with Crippen LogP contribution in [0.15, 0.2) is 16.9 Å². The van der Waals surface area contributed by atoms with Gasteiger partial charge in [0, 0.05) is 30.8 Å². The number of hydrogen-bond acceptors (Lipinski definition) is 3. The fourth-order valence-corrected chi connectivity index (χ4v) is 3.79. The van der Waals surface area contributed by atoms with Crippen LogP contribution in [0, 0.1) is 5.92 Å². The molecule has 6 nitrogen and oxygen atoms in total.